The van der Waals surface area contributed by atoms with Crippen molar-refractivity contribution >= 4 is 27.6 Å². The average molecular weight is 354 g/mol. The first-order chi connectivity index (χ1) is 12.0. The zero-order valence-electron chi connectivity index (χ0n) is 13.0. The van der Waals surface area contributed by atoms with Crippen LogP contribution >= 0.6 is 0 Å². The third-order valence-corrected chi connectivity index (χ3v) is 4.57. The lowest BCUT2D eigenvalue weighted by Crippen LogP contribution is -2.16. The molecule has 0 bridgehead atoms. The highest BCUT2D eigenvalue weighted by atomic mass is 32.2. The molecule has 0 saturated heterocycles. The molecule has 1 aromatic heterocycles. The van der Waals surface area contributed by atoms with Crippen LogP contribution in [0.1, 0.15) is 10.4 Å². The number of hydrogen-bond donors (Lipinski definition) is 2. The maximum absolute atomic E-state index is 12.2. The Morgan fingerprint density at radius 3 is 2.00 bits per heavy atom. The molecule has 3 rings (SSSR count). The maximum atomic E-state index is 12.2. The zero-order valence-corrected chi connectivity index (χ0v) is 13.8. The first kappa shape index (κ1) is 16.6. The summed E-state index contributed by atoms with van der Waals surface area (Å²) in [6.07, 6.45) is 2.52. The molecule has 2 aromatic carbocycles. The summed E-state index contributed by atoms with van der Waals surface area (Å²) in [4.78, 5) is 20.0. The largest absolute Gasteiger partial charge is 0.322 e. The number of anilines is 2. The molecule has 126 valence electrons. The number of hydrogen-bond acceptors (Lipinski definition) is 5. The van der Waals surface area contributed by atoms with Crippen molar-refractivity contribution in [3.8, 4) is 0 Å². The third kappa shape index (κ3) is 4.18. The minimum atomic E-state index is -3.77. The molecule has 0 spiro atoms. The molecule has 7 nitrogen and oxygen atoms in total. The van der Waals surface area contributed by atoms with E-state index < -0.39 is 10.0 Å². The molecule has 0 atom stereocenters. The lowest BCUT2D eigenvalue weighted by atomic mass is 10.3. The van der Waals surface area contributed by atoms with Crippen LogP contribution in [0.2, 0.25) is 0 Å². The molecule has 0 fully saturated rings. The van der Waals surface area contributed by atoms with Gasteiger partial charge in [0.15, 0.2) is 0 Å². The minimum Gasteiger partial charge on any atom is -0.322 e. The van der Waals surface area contributed by atoms with E-state index in [1.807, 2.05) is 6.07 Å². The summed E-state index contributed by atoms with van der Waals surface area (Å²) in [7, 11) is -3.77. The smallest absolute Gasteiger partial charge is 0.264 e. The van der Waals surface area contributed by atoms with Crippen LogP contribution in [0.25, 0.3) is 0 Å². The van der Waals surface area contributed by atoms with Crippen molar-refractivity contribution in [1.29, 1.82) is 0 Å². The highest BCUT2D eigenvalue weighted by molar-refractivity contribution is 7.92. The Balaban J connectivity index is 1.71. The monoisotopic (exact) mass is 354 g/mol. The van der Waals surface area contributed by atoms with Gasteiger partial charge in [0, 0.05) is 18.1 Å². The number of aromatic nitrogens is 2. The van der Waals surface area contributed by atoms with Crippen molar-refractivity contribution in [2.75, 3.05) is 10.0 Å². The Labute approximate surface area is 144 Å². The predicted octanol–water partition coefficient (Wildman–Crippen LogP) is 2.53. The van der Waals surface area contributed by atoms with Gasteiger partial charge in [-0.25, -0.2) is 23.1 Å². The van der Waals surface area contributed by atoms with Crippen LogP contribution in [-0.4, -0.2) is 24.3 Å². The van der Waals surface area contributed by atoms with E-state index in [1.165, 1.54) is 24.5 Å². The normalized spacial score (nSPS) is 10.9. The molecular formula is C17H14N4O3S. The van der Waals surface area contributed by atoms with E-state index in [-0.39, 0.29) is 22.3 Å². The van der Waals surface area contributed by atoms with E-state index in [2.05, 4.69) is 20.0 Å². The number of benzene rings is 2. The van der Waals surface area contributed by atoms with Crippen molar-refractivity contribution in [2.45, 2.75) is 4.90 Å². The lowest BCUT2D eigenvalue weighted by molar-refractivity contribution is 0.102. The Bertz CT molecular complexity index is 960. The number of nitrogens with zero attached hydrogens (tertiary/aromatic N) is 2. The quantitative estimate of drug-likeness (QED) is 0.733. The van der Waals surface area contributed by atoms with Crippen molar-refractivity contribution in [3.63, 3.8) is 0 Å². The number of sulfonamides is 1. The van der Waals surface area contributed by atoms with E-state index in [9.17, 15) is 13.2 Å². The second-order valence-corrected chi connectivity index (χ2v) is 6.72. The number of para-hydroxylation sites is 1. The number of nitrogens with one attached hydrogen (secondary N) is 2. The molecule has 0 aliphatic rings. The molecule has 3 aromatic rings. The lowest BCUT2D eigenvalue weighted by Gasteiger charge is -2.07. The number of carbonyl (C=O) groups excluding carboxylic acids is 1. The molecule has 1 heterocycles. The van der Waals surface area contributed by atoms with Crippen molar-refractivity contribution in [1.82, 2.24) is 9.97 Å². The van der Waals surface area contributed by atoms with Gasteiger partial charge in [0.2, 0.25) is 5.95 Å². The zero-order chi connectivity index (χ0) is 17.7. The molecule has 2 N–H and O–H groups in total. The predicted molar refractivity (Wildman–Crippen MR) is 93.7 cm³/mol. The van der Waals surface area contributed by atoms with Crippen LogP contribution in [0.5, 0.6) is 0 Å². The topological polar surface area (TPSA) is 101 Å². The van der Waals surface area contributed by atoms with Crippen LogP contribution in [0, 0.1) is 0 Å². The van der Waals surface area contributed by atoms with Gasteiger partial charge in [0.25, 0.3) is 15.9 Å². The van der Waals surface area contributed by atoms with E-state index in [1.54, 1.807) is 42.5 Å². The van der Waals surface area contributed by atoms with E-state index in [0.29, 0.717) is 5.69 Å². The second-order valence-electron chi connectivity index (χ2n) is 5.03. The molecule has 0 radical (unpaired) electrons. The molecule has 0 saturated carbocycles. The van der Waals surface area contributed by atoms with Gasteiger partial charge in [0.1, 0.15) is 0 Å². The summed E-state index contributed by atoms with van der Waals surface area (Å²) in [5.74, 6) is -0.496. The van der Waals surface area contributed by atoms with Crippen LogP contribution in [0.4, 0.5) is 11.6 Å². The Morgan fingerprint density at radius 2 is 1.40 bits per heavy atom. The highest BCUT2D eigenvalue weighted by Crippen LogP contribution is 2.13. The summed E-state index contributed by atoms with van der Waals surface area (Å²) in [6.45, 7) is 0. The maximum Gasteiger partial charge on any atom is 0.264 e. The molecule has 1 amide bonds. The van der Waals surface area contributed by atoms with Crippen LogP contribution in [-0.2, 0) is 10.0 Å². The summed E-state index contributed by atoms with van der Waals surface area (Å²) < 4.78 is 26.7. The third-order valence-electron chi connectivity index (χ3n) is 3.22. The van der Waals surface area contributed by atoms with Gasteiger partial charge in [-0.1, -0.05) is 36.4 Å². The van der Waals surface area contributed by atoms with Crippen molar-refractivity contribution in [3.05, 3.63) is 78.6 Å². The van der Waals surface area contributed by atoms with Gasteiger partial charge in [0.05, 0.1) is 10.5 Å². The summed E-state index contributed by atoms with van der Waals surface area (Å²) in [6, 6.07) is 16.8. The fraction of sp³-hybridized carbons (Fsp3) is 0. The van der Waals surface area contributed by atoms with Gasteiger partial charge in [-0.15, -0.1) is 0 Å². The molecule has 0 unspecified atom stereocenters. The molecular weight excluding hydrogens is 340 g/mol. The number of rotatable bonds is 5. The number of amides is 1. The average Bonchev–Trinajstić information content (AvgIpc) is 2.63. The van der Waals surface area contributed by atoms with Gasteiger partial charge in [-0.2, -0.15) is 0 Å². The Morgan fingerprint density at radius 1 is 0.840 bits per heavy atom. The second kappa shape index (κ2) is 7.10. The van der Waals surface area contributed by atoms with Gasteiger partial charge >= 0.3 is 0 Å². The molecule has 8 heteroatoms. The Kier molecular flexibility index (Phi) is 4.71. The van der Waals surface area contributed by atoms with Crippen molar-refractivity contribution < 1.29 is 13.2 Å². The van der Waals surface area contributed by atoms with Gasteiger partial charge in [-0.05, 0) is 24.3 Å². The summed E-state index contributed by atoms with van der Waals surface area (Å²) in [5, 5.41) is 2.69. The van der Waals surface area contributed by atoms with Crippen molar-refractivity contribution in [2.24, 2.45) is 0 Å². The first-order valence-corrected chi connectivity index (χ1v) is 8.79. The van der Waals surface area contributed by atoms with Gasteiger partial charge < -0.3 is 5.32 Å². The molecule has 0 aliphatic heterocycles. The van der Waals surface area contributed by atoms with E-state index in [4.69, 9.17) is 0 Å². The fourth-order valence-electron chi connectivity index (χ4n) is 2.00. The summed E-state index contributed by atoms with van der Waals surface area (Å²) >= 11 is 0. The number of carbonyl (C=O) groups is 1. The fourth-order valence-corrected chi connectivity index (χ4v) is 2.98. The molecule has 0 aliphatic carbocycles. The van der Waals surface area contributed by atoms with Crippen LogP contribution in [0.3, 0.4) is 0 Å². The summed E-state index contributed by atoms with van der Waals surface area (Å²) in [5.41, 5.74) is 0.855. The van der Waals surface area contributed by atoms with E-state index in [0.717, 1.165) is 0 Å². The highest BCUT2D eigenvalue weighted by Gasteiger charge is 2.15. The van der Waals surface area contributed by atoms with Crippen LogP contribution < -0.4 is 10.0 Å². The van der Waals surface area contributed by atoms with Crippen LogP contribution in [0.15, 0.2) is 78.0 Å². The standard InChI is InChI=1S/C17H14N4O3S/c22-16(20-14-7-3-1-4-8-14)13-11-18-17(19-12-13)21-25(23,24)15-9-5-2-6-10-15/h1-12H,(H,20,22)(H,18,19,21). The Hall–Kier alpha value is -3.26. The minimum absolute atomic E-state index is 0.101. The van der Waals surface area contributed by atoms with Gasteiger partial charge in [-0.3, -0.25) is 4.79 Å². The van der Waals surface area contributed by atoms with E-state index >= 15 is 0 Å². The molecule has 25 heavy (non-hydrogen) atoms. The SMILES string of the molecule is O=C(Nc1ccccc1)c1cnc(NS(=O)(=O)c2ccccc2)nc1. The first-order valence-electron chi connectivity index (χ1n) is 7.31.